The van der Waals surface area contributed by atoms with Crippen molar-refractivity contribution in [1.82, 2.24) is 0 Å². The van der Waals surface area contributed by atoms with E-state index in [1.54, 1.807) is 12.1 Å². The van der Waals surface area contributed by atoms with Crippen molar-refractivity contribution in [2.75, 3.05) is 5.32 Å². The third kappa shape index (κ3) is 4.88. The van der Waals surface area contributed by atoms with Crippen LogP contribution in [-0.4, -0.2) is 31.9 Å². The van der Waals surface area contributed by atoms with Gasteiger partial charge in [-0.25, -0.2) is 0 Å². The summed E-state index contributed by atoms with van der Waals surface area (Å²) in [6, 6.07) is 7.30. The number of carbonyl (C=O) groups excluding carboxylic acids is 1. The number of amides is 1. The topological polar surface area (TPSA) is 66.4 Å². The maximum absolute atomic E-state index is 11.6. The zero-order valence-electron chi connectivity index (χ0n) is 9.94. The fraction of sp³-hybridized carbons (Fsp3) is 0.167. The molecule has 0 aliphatic carbocycles. The van der Waals surface area contributed by atoms with Gasteiger partial charge in [-0.05, 0) is 0 Å². The Morgan fingerprint density at radius 3 is 2.26 bits per heavy atom. The Labute approximate surface area is 126 Å². The van der Waals surface area contributed by atoms with Gasteiger partial charge in [-0.1, -0.05) is 0 Å². The van der Waals surface area contributed by atoms with Crippen LogP contribution in [0.15, 0.2) is 34.3 Å². The van der Waals surface area contributed by atoms with Crippen molar-refractivity contribution >= 4 is 60.2 Å². The molecule has 0 radical (unpaired) electrons. The maximum atomic E-state index is 11.6. The quantitative estimate of drug-likeness (QED) is 0.619. The molecule has 4 nitrogen and oxygen atoms in total. The average Bonchev–Trinajstić information content (AvgIpc) is 2.39. The van der Waals surface area contributed by atoms with E-state index >= 15 is 0 Å². The standard InChI is InChI=1S/C12H11Cl2NO3Se/c1-2-19-8-5-3-7(4-6-8)15-11(16)9(13)10(14)12(17)18/h3-6H,2H2,1H3,(H,15,16)(H,17,18)/b10-9-. The molecule has 1 amide bonds. The van der Waals surface area contributed by atoms with Crippen molar-refractivity contribution in [3.05, 3.63) is 34.3 Å². The molecular formula is C12H11Cl2NO3Se. The number of anilines is 1. The van der Waals surface area contributed by atoms with Crippen molar-refractivity contribution in [3.63, 3.8) is 0 Å². The summed E-state index contributed by atoms with van der Waals surface area (Å²) in [5.74, 6) is -2.19. The van der Waals surface area contributed by atoms with E-state index in [9.17, 15) is 9.59 Å². The molecule has 0 aliphatic rings. The molecule has 1 aromatic rings. The van der Waals surface area contributed by atoms with Crippen LogP contribution in [0.4, 0.5) is 5.69 Å². The monoisotopic (exact) mass is 367 g/mol. The normalized spacial score (nSPS) is 11.7. The van der Waals surface area contributed by atoms with E-state index in [1.165, 1.54) is 4.46 Å². The fourth-order valence-corrected chi connectivity index (χ4v) is 2.78. The van der Waals surface area contributed by atoms with E-state index in [4.69, 9.17) is 28.3 Å². The van der Waals surface area contributed by atoms with E-state index in [0.29, 0.717) is 20.6 Å². The summed E-state index contributed by atoms with van der Waals surface area (Å²) in [6.45, 7) is 2.11. The van der Waals surface area contributed by atoms with E-state index < -0.39 is 21.9 Å². The van der Waals surface area contributed by atoms with Gasteiger partial charge in [-0.3, -0.25) is 0 Å². The number of hydrogen-bond acceptors (Lipinski definition) is 2. The first-order valence-corrected chi connectivity index (χ1v) is 8.10. The Balaban J connectivity index is 2.77. The van der Waals surface area contributed by atoms with Crippen LogP contribution in [-0.2, 0) is 9.59 Å². The van der Waals surface area contributed by atoms with Crippen LogP contribution in [0.25, 0.3) is 0 Å². The first-order chi connectivity index (χ1) is 8.95. The average molecular weight is 367 g/mol. The second-order valence-corrected chi connectivity index (χ2v) is 6.91. The molecule has 0 spiro atoms. The number of carboxylic acid groups (broad SMARTS) is 1. The zero-order chi connectivity index (χ0) is 14.4. The van der Waals surface area contributed by atoms with Crippen LogP contribution in [0, 0.1) is 0 Å². The van der Waals surface area contributed by atoms with Gasteiger partial charge in [0.05, 0.1) is 0 Å². The predicted molar refractivity (Wildman–Crippen MR) is 77.3 cm³/mol. The number of rotatable bonds is 5. The molecule has 0 heterocycles. The van der Waals surface area contributed by atoms with Crippen LogP contribution < -0.4 is 9.78 Å². The first-order valence-electron chi connectivity index (χ1n) is 5.28. The summed E-state index contributed by atoms with van der Waals surface area (Å²) >= 11 is 11.4. The Hall–Kier alpha value is -1.00. The van der Waals surface area contributed by atoms with Crippen LogP contribution in [0.2, 0.25) is 5.32 Å². The molecular weight excluding hydrogens is 356 g/mol. The second-order valence-electron chi connectivity index (χ2n) is 3.34. The van der Waals surface area contributed by atoms with E-state index in [-0.39, 0.29) is 0 Å². The third-order valence-electron chi connectivity index (χ3n) is 2.00. The van der Waals surface area contributed by atoms with Crippen molar-refractivity contribution < 1.29 is 14.7 Å². The minimum absolute atomic E-state index is 0.423. The molecule has 102 valence electrons. The van der Waals surface area contributed by atoms with Crippen LogP contribution in [0.3, 0.4) is 0 Å². The van der Waals surface area contributed by atoms with Crippen LogP contribution in [0.5, 0.6) is 0 Å². The number of carbonyl (C=O) groups is 2. The van der Waals surface area contributed by atoms with Gasteiger partial charge in [0, 0.05) is 0 Å². The zero-order valence-corrected chi connectivity index (χ0v) is 13.2. The number of benzene rings is 1. The van der Waals surface area contributed by atoms with Crippen molar-refractivity contribution in [2.24, 2.45) is 0 Å². The number of hydrogen-bond donors (Lipinski definition) is 2. The number of aliphatic carboxylic acids is 1. The molecule has 0 atom stereocenters. The summed E-state index contributed by atoms with van der Waals surface area (Å²) in [7, 11) is 0. The van der Waals surface area contributed by atoms with Gasteiger partial charge in [0.1, 0.15) is 0 Å². The number of nitrogens with one attached hydrogen (secondary N) is 1. The molecule has 0 unspecified atom stereocenters. The van der Waals surface area contributed by atoms with E-state index in [2.05, 4.69) is 12.2 Å². The van der Waals surface area contributed by atoms with Gasteiger partial charge in [0.25, 0.3) is 0 Å². The Morgan fingerprint density at radius 1 is 1.21 bits per heavy atom. The molecule has 2 N–H and O–H groups in total. The first kappa shape index (κ1) is 16.1. The van der Waals surface area contributed by atoms with E-state index in [0.717, 1.165) is 5.32 Å². The second kappa shape index (κ2) is 7.56. The molecule has 0 saturated carbocycles. The third-order valence-corrected chi connectivity index (χ3v) is 4.69. The summed E-state index contributed by atoms with van der Waals surface area (Å²) < 4.78 is 1.22. The molecule has 19 heavy (non-hydrogen) atoms. The molecule has 0 bridgehead atoms. The van der Waals surface area contributed by atoms with Gasteiger partial charge in [-0.2, -0.15) is 0 Å². The van der Waals surface area contributed by atoms with Crippen molar-refractivity contribution in [2.45, 2.75) is 12.2 Å². The molecule has 0 saturated heterocycles. The number of halogens is 2. The predicted octanol–water partition coefficient (Wildman–Crippen LogP) is 2.17. The summed E-state index contributed by atoms with van der Waals surface area (Å²) in [5.41, 5.74) is 0.536. The van der Waals surface area contributed by atoms with Crippen molar-refractivity contribution in [3.8, 4) is 0 Å². The van der Waals surface area contributed by atoms with Gasteiger partial charge in [0.15, 0.2) is 0 Å². The van der Waals surface area contributed by atoms with E-state index in [1.807, 2.05) is 12.1 Å². The van der Waals surface area contributed by atoms with Gasteiger partial charge >= 0.3 is 127 Å². The van der Waals surface area contributed by atoms with Gasteiger partial charge < -0.3 is 0 Å². The molecule has 0 aromatic heterocycles. The molecule has 0 aliphatic heterocycles. The Morgan fingerprint density at radius 2 is 1.79 bits per heavy atom. The molecule has 0 fully saturated rings. The van der Waals surface area contributed by atoms with Gasteiger partial charge in [0.2, 0.25) is 0 Å². The fourth-order valence-electron chi connectivity index (χ4n) is 1.18. The van der Waals surface area contributed by atoms with Gasteiger partial charge in [-0.15, -0.1) is 0 Å². The molecule has 1 aromatic carbocycles. The Kier molecular flexibility index (Phi) is 6.38. The Bertz CT molecular complexity index is 514. The molecule has 7 heteroatoms. The summed E-state index contributed by atoms with van der Waals surface area (Å²) in [5, 5.41) is 10.9. The summed E-state index contributed by atoms with van der Waals surface area (Å²) in [4.78, 5) is 22.2. The SMILES string of the molecule is CC[Se]c1ccc(NC(=O)/C(Cl)=C(/Cl)C(=O)O)cc1. The molecule has 1 rings (SSSR count). The van der Waals surface area contributed by atoms with Crippen LogP contribution >= 0.6 is 23.2 Å². The number of carboxylic acids is 1. The minimum atomic E-state index is -1.44. The summed E-state index contributed by atoms with van der Waals surface area (Å²) in [6.07, 6.45) is 0. The van der Waals surface area contributed by atoms with Crippen molar-refractivity contribution in [1.29, 1.82) is 0 Å². The van der Waals surface area contributed by atoms with Crippen LogP contribution in [0.1, 0.15) is 6.92 Å².